The molecule has 2 N–H and O–H groups in total. The van der Waals surface area contributed by atoms with Gasteiger partial charge >= 0.3 is 12.0 Å². The molecule has 1 aromatic rings. The summed E-state index contributed by atoms with van der Waals surface area (Å²) >= 11 is 0. The van der Waals surface area contributed by atoms with Crippen LogP contribution < -0.4 is 5.32 Å². The first-order valence-corrected chi connectivity index (χ1v) is 7.75. The van der Waals surface area contributed by atoms with Crippen LogP contribution >= 0.6 is 0 Å². The molecule has 0 spiro atoms. The molecule has 0 saturated carbocycles. The lowest BCUT2D eigenvalue weighted by Gasteiger charge is -2.27. The average Bonchev–Trinajstić information content (AvgIpc) is 2.71. The van der Waals surface area contributed by atoms with Crippen molar-refractivity contribution in [3.05, 3.63) is 34.9 Å². The summed E-state index contributed by atoms with van der Waals surface area (Å²) in [6.45, 7) is 5.87. The van der Waals surface area contributed by atoms with Crippen LogP contribution in [0, 0.1) is 13.8 Å². The number of nitrogens with one attached hydrogen (secondary N) is 1. The summed E-state index contributed by atoms with van der Waals surface area (Å²) in [7, 11) is 0. The first kappa shape index (κ1) is 17.0. The predicted molar refractivity (Wildman–Crippen MR) is 85.0 cm³/mol. The van der Waals surface area contributed by atoms with E-state index in [1.54, 1.807) is 0 Å². The van der Waals surface area contributed by atoms with Crippen LogP contribution in [0.2, 0.25) is 0 Å². The molecule has 1 fully saturated rings. The van der Waals surface area contributed by atoms with Gasteiger partial charge in [0.1, 0.15) is 5.54 Å². The highest BCUT2D eigenvalue weighted by atomic mass is 16.4. The fourth-order valence-electron chi connectivity index (χ4n) is 3.12. The molecule has 0 aromatic heterocycles. The standard InChI is InChI=1S/C17H22N2O4/c1-4-17(13-8-7-11(2)10-12(13)3)15(22)19(16(23)18-17)9-5-6-14(20)21/h7-8,10H,4-6,9H2,1-3H3,(H,18,23)(H,20,21). The van der Waals surface area contributed by atoms with Crippen molar-refractivity contribution in [1.82, 2.24) is 10.2 Å². The maximum Gasteiger partial charge on any atom is 0.325 e. The molecule has 23 heavy (non-hydrogen) atoms. The van der Waals surface area contributed by atoms with Gasteiger partial charge in [0.25, 0.3) is 5.91 Å². The molecule has 1 heterocycles. The Kier molecular flexibility index (Phi) is 4.73. The first-order chi connectivity index (χ1) is 10.8. The van der Waals surface area contributed by atoms with Crippen LogP contribution in [0.5, 0.6) is 0 Å². The zero-order chi connectivity index (χ0) is 17.2. The molecule has 1 saturated heterocycles. The van der Waals surface area contributed by atoms with Crippen molar-refractivity contribution in [1.29, 1.82) is 0 Å². The fraction of sp³-hybridized carbons (Fsp3) is 0.471. The van der Waals surface area contributed by atoms with E-state index in [4.69, 9.17) is 5.11 Å². The van der Waals surface area contributed by atoms with E-state index in [1.165, 1.54) is 0 Å². The van der Waals surface area contributed by atoms with Crippen molar-refractivity contribution >= 4 is 17.9 Å². The Morgan fingerprint density at radius 2 is 2.00 bits per heavy atom. The Hall–Kier alpha value is -2.37. The molecule has 1 aliphatic rings. The van der Waals surface area contributed by atoms with Crippen LogP contribution in [0.3, 0.4) is 0 Å². The van der Waals surface area contributed by atoms with Gasteiger partial charge in [-0.1, -0.05) is 30.7 Å². The van der Waals surface area contributed by atoms with E-state index in [0.717, 1.165) is 21.6 Å². The normalized spacial score (nSPS) is 20.7. The summed E-state index contributed by atoms with van der Waals surface area (Å²) in [5.41, 5.74) is 1.78. The van der Waals surface area contributed by atoms with E-state index < -0.39 is 17.5 Å². The third-order valence-electron chi connectivity index (χ3n) is 4.32. The highest BCUT2D eigenvalue weighted by Gasteiger charge is 2.51. The minimum absolute atomic E-state index is 0.0697. The monoisotopic (exact) mass is 318 g/mol. The van der Waals surface area contributed by atoms with E-state index in [9.17, 15) is 14.4 Å². The number of carboxylic acids is 1. The Bertz CT molecular complexity index is 656. The summed E-state index contributed by atoms with van der Waals surface area (Å²) in [5.74, 6) is -1.24. The largest absolute Gasteiger partial charge is 0.481 e. The number of urea groups is 1. The minimum atomic E-state index is -1.06. The first-order valence-electron chi connectivity index (χ1n) is 7.75. The van der Waals surface area contributed by atoms with Gasteiger partial charge in [-0.05, 0) is 37.8 Å². The Morgan fingerprint density at radius 1 is 1.30 bits per heavy atom. The lowest BCUT2D eigenvalue weighted by Crippen LogP contribution is -2.44. The topological polar surface area (TPSA) is 86.7 Å². The number of nitrogens with zero attached hydrogens (tertiary/aromatic N) is 1. The van der Waals surface area contributed by atoms with Crippen molar-refractivity contribution < 1.29 is 19.5 Å². The smallest absolute Gasteiger partial charge is 0.325 e. The number of rotatable bonds is 6. The summed E-state index contributed by atoms with van der Waals surface area (Å²) in [4.78, 5) is 36.9. The lowest BCUT2D eigenvalue weighted by atomic mass is 9.84. The van der Waals surface area contributed by atoms with Gasteiger partial charge in [0.05, 0.1) is 0 Å². The van der Waals surface area contributed by atoms with E-state index in [1.807, 2.05) is 39.0 Å². The van der Waals surface area contributed by atoms with Crippen LogP contribution in [-0.4, -0.2) is 34.5 Å². The lowest BCUT2D eigenvalue weighted by molar-refractivity contribution is -0.138. The molecule has 1 atom stereocenters. The van der Waals surface area contributed by atoms with Crippen LogP contribution in [-0.2, 0) is 15.1 Å². The van der Waals surface area contributed by atoms with E-state index >= 15 is 0 Å². The fourth-order valence-corrected chi connectivity index (χ4v) is 3.12. The van der Waals surface area contributed by atoms with Crippen molar-refractivity contribution in [2.45, 2.75) is 45.6 Å². The van der Waals surface area contributed by atoms with E-state index in [2.05, 4.69) is 5.32 Å². The molecular weight excluding hydrogens is 296 g/mol. The molecule has 6 heteroatoms. The van der Waals surface area contributed by atoms with Crippen LogP contribution in [0.15, 0.2) is 18.2 Å². The van der Waals surface area contributed by atoms with Crippen LogP contribution in [0.1, 0.15) is 42.9 Å². The number of hydrogen-bond acceptors (Lipinski definition) is 3. The molecule has 0 bridgehead atoms. The average molecular weight is 318 g/mol. The number of carbonyl (C=O) groups is 3. The quantitative estimate of drug-likeness (QED) is 0.788. The molecule has 1 aliphatic heterocycles. The zero-order valence-electron chi connectivity index (χ0n) is 13.7. The Morgan fingerprint density at radius 3 is 2.57 bits per heavy atom. The van der Waals surface area contributed by atoms with Crippen molar-refractivity contribution in [3.8, 4) is 0 Å². The van der Waals surface area contributed by atoms with Gasteiger partial charge < -0.3 is 10.4 Å². The number of hydrogen-bond donors (Lipinski definition) is 2. The van der Waals surface area contributed by atoms with Gasteiger partial charge in [0, 0.05) is 13.0 Å². The summed E-state index contributed by atoms with van der Waals surface area (Å²) in [6, 6.07) is 5.33. The number of carbonyl (C=O) groups excluding carboxylic acids is 2. The molecular formula is C17H22N2O4. The number of carboxylic acid groups (broad SMARTS) is 1. The molecule has 0 radical (unpaired) electrons. The summed E-state index contributed by atoms with van der Waals surface area (Å²) in [6.07, 6.45) is 0.623. The second kappa shape index (κ2) is 6.40. The highest BCUT2D eigenvalue weighted by molar-refractivity contribution is 6.07. The zero-order valence-corrected chi connectivity index (χ0v) is 13.7. The van der Waals surface area contributed by atoms with Gasteiger partial charge in [-0.25, -0.2) is 4.79 Å². The van der Waals surface area contributed by atoms with Gasteiger partial charge in [-0.2, -0.15) is 0 Å². The van der Waals surface area contributed by atoms with Crippen molar-refractivity contribution in [2.24, 2.45) is 0 Å². The number of aliphatic carboxylic acids is 1. The third-order valence-corrected chi connectivity index (χ3v) is 4.32. The van der Waals surface area contributed by atoms with Crippen molar-refractivity contribution in [3.63, 3.8) is 0 Å². The molecule has 3 amide bonds. The molecule has 1 unspecified atom stereocenters. The van der Waals surface area contributed by atoms with E-state index in [0.29, 0.717) is 6.42 Å². The summed E-state index contributed by atoms with van der Waals surface area (Å²) < 4.78 is 0. The van der Waals surface area contributed by atoms with Crippen LogP contribution in [0.4, 0.5) is 4.79 Å². The maximum atomic E-state index is 12.9. The number of benzene rings is 1. The minimum Gasteiger partial charge on any atom is -0.481 e. The van der Waals surface area contributed by atoms with Gasteiger partial charge in [0.2, 0.25) is 0 Å². The van der Waals surface area contributed by atoms with E-state index in [-0.39, 0.29) is 25.3 Å². The third kappa shape index (κ3) is 3.06. The SMILES string of the molecule is CCC1(c2ccc(C)cc2C)NC(=O)N(CCCC(=O)O)C1=O. The van der Waals surface area contributed by atoms with Crippen molar-refractivity contribution in [2.75, 3.05) is 6.54 Å². The second-order valence-corrected chi connectivity index (χ2v) is 5.96. The molecule has 1 aromatic carbocycles. The summed E-state index contributed by atoms with van der Waals surface area (Å²) in [5, 5.41) is 11.5. The Labute approximate surface area is 135 Å². The second-order valence-electron chi connectivity index (χ2n) is 5.96. The van der Waals surface area contributed by atoms with Gasteiger partial charge in [0.15, 0.2) is 0 Å². The maximum absolute atomic E-state index is 12.9. The van der Waals surface area contributed by atoms with Gasteiger partial charge in [-0.3, -0.25) is 14.5 Å². The van der Waals surface area contributed by atoms with Gasteiger partial charge in [-0.15, -0.1) is 0 Å². The highest BCUT2D eigenvalue weighted by Crippen LogP contribution is 2.34. The van der Waals surface area contributed by atoms with Crippen LogP contribution in [0.25, 0.3) is 0 Å². The molecule has 0 aliphatic carbocycles. The number of aryl methyl sites for hydroxylation is 2. The molecule has 6 nitrogen and oxygen atoms in total. The molecule has 2 rings (SSSR count). The number of amides is 3. The Balaban J connectivity index is 2.31. The predicted octanol–water partition coefficient (Wildman–Crippen LogP) is 2.33. The molecule has 124 valence electrons. The number of imide groups is 1.